The second-order valence-electron chi connectivity index (χ2n) is 9.98. The molecule has 0 spiro atoms. The van der Waals surface area contributed by atoms with Crippen LogP contribution in [0.4, 0.5) is 4.39 Å². The maximum Gasteiger partial charge on any atom is 0.266 e. The van der Waals surface area contributed by atoms with Gasteiger partial charge in [0.15, 0.2) is 0 Å². The first kappa shape index (κ1) is 21.3. The first-order chi connectivity index (χ1) is 15.2. The van der Waals surface area contributed by atoms with Crippen LogP contribution in [0.5, 0.6) is 0 Å². The summed E-state index contributed by atoms with van der Waals surface area (Å²) in [6, 6.07) is 9.03. The second kappa shape index (κ2) is 7.81. The third kappa shape index (κ3) is 3.77. The molecule has 2 aromatic heterocycles. The van der Waals surface area contributed by atoms with Crippen molar-refractivity contribution in [2.24, 2.45) is 0 Å². The number of hydrogen-bond donors (Lipinski definition) is 1. The average Bonchev–Trinajstić information content (AvgIpc) is 3.20. The highest BCUT2D eigenvalue weighted by Gasteiger charge is 2.48. The van der Waals surface area contributed by atoms with Crippen LogP contribution in [0, 0.1) is 12.7 Å². The highest BCUT2D eigenvalue weighted by Crippen LogP contribution is 2.43. The van der Waals surface area contributed by atoms with Gasteiger partial charge >= 0.3 is 0 Å². The minimum Gasteiger partial charge on any atom is -0.388 e. The first-order valence-corrected chi connectivity index (χ1v) is 11.5. The van der Waals surface area contributed by atoms with Gasteiger partial charge in [-0.15, -0.1) is 0 Å². The molecular weight excluding hydrogens is 407 g/mol. The minimum absolute atomic E-state index is 0.174. The van der Waals surface area contributed by atoms with E-state index in [1.165, 1.54) is 22.4 Å². The van der Waals surface area contributed by atoms with Crippen molar-refractivity contribution in [3.8, 4) is 0 Å². The lowest BCUT2D eigenvalue weighted by Crippen LogP contribution is -2.53. The standard InChI is InChI=1S/C25H31FN4O2/c1-16(2)28-13-18(22-8-5-19(26)10-23(22)28)14-29-20-6-7-21(29)12-25(32,11-20)15-30-24(31)9-4-17(3)27-30/h4-5,8-10,13,16,20-21,32H,6-7,11-12,14-15H2,1-3H3/t20-,21-/m1/s1. The van der Waals surface area contributed by atoms with E-state index in [2.05, 4.69) is 34.6 Å². The van der Waals surface area contributed by atoms with E-state index in [-0.39, 0.29) is 36.0 Å². The van der Waals surface area contributed by atoms with E-state index in [0.29, 0.717) is 12.8 Å². The number of aromatic nitrogens is 3. The molecule has 0 saturated carbocycles. The van der Waals surface area contributed by atoms with Crippen LogP contribution in [0.15, 0.2) is 41.3 Å². The number of nitrogens with zero attached hydrogens (tertiary/aromatic N) is 4. The molecule has 0 amide bonds. The number of aliphatic hydroxyl groups is 1. The van der Waals surface area contributed by atoms with Gasteiger partial charge < -0.3 is 9.67 Å². The normalized spacial score (nSPS) is 25.8. The molecule has 1 aromatic carbocycles. The van der Waals surface area contributed by atoms with Gasteiger partial charge in [0.1, 0.15) is 5.82 Å². The highest BCUT2D eigenvalue weighted by atomic mass is 19.1. The lowest BCUT2D eigenvalue weighted by Gasteiger charge is -2.43. The molecule has 3 aromatic rings. The molecule has 0 radical (unpaired) electrons. The molecule has 2 atom stereocenters. The summed E-state index contributed by atoms with van der Waals surface area (Å²) < 4.78 is 17.5. The molecule has 32 heavy (non-hydrogen) atoms. The predicted molar refractivity (Wildman–Crippen MR) is 122 cm³/mol. The molecular formula is C25H31FN4O2. The van der Waals surface area contributed by atoms with Crippen LogP contribution in [0.3, 0.4) is 0 Å². The van der Waals surface area contributed by atoms with Crippen LogP contribution < -0.4 is 5.56 Å². The SMILES string of the molecule is Cc1ccc(=O)n(CC2(O)C[C@H]3CC[C@H](C2)N3Cc2cn(C(C)C)c3cc(F)ccc23)n1. The van der Waals surface area contributed by atoms with Crippen molar-refractivity contribution in [3.63, 3.8) is 0 Å². The Balaban J connectivity index is 1.39. The number of benzene rings is 1. The molecule has 2 fully saturated rings. The molecule has 1 N–H and O–H groups in total. The fraction of sp³-hybridized carbons (Fsp3) is 0.520. The Morgan fingerprint density at radius 1 is 1.19 bits per heavy atom. The first-order valence-electron chi connectivity index (χ1n) is 11.5. The van der Waals surface area contributed by atoms with Gasteiger partial charge in [0, 0.05) is 42.3 Å². The summed E-state index contributed by atoms with van der Waals surface area (Å²) >= 11 is 0. The Labute approximate surface area is 187 Å². The lowest BCUT2D eigenvalue weighted by atomic mass is 9.85. The average molecular weight is 439 g/mol. The van der Waals surface area contributed by atoms with Gasteiger partial charge in [-0.25, -0.2) is 9.07 Å². The number of fused-ring (bicyclic) bond motifs is 3. The van der Waals surface area contributed by atoms with E-state index < -0.39 is 5.60 Å². The molecule has 2 bridgehead atoms. The molecule has 170 valence electrons. The molecule has 7 heteroatoms. The summed E-state index contributed by atoms with van der Waals surface area (Å²) in [4.78, 5) is 14.7. The van der Waals surface area contributed by atoms with Crippen molar-refractivity contribution < 1.29 is 9.50 Å². The third-order valence-electron chi connectivity index (χ3n) is 7.23. The molecule has 6 nitrogen and oxygen atoms in total. The fourth-order valence-electron chi connectivity index (χ4n) is 5.79. The van der Waals surface area contributed by atoms with Gasteiger partial charge in [0.25, 0.3) is 5.56 Å². The molecule has 2 saturated heterocycles. The number of hydrogen-bond acceptors (Lipinski definition) is 4. The molecule has 2 aliphatic heterocycles. The summed E-state index contributed by atoms with van der Waals surface area (Å²) in [7, 11) is 0. The lowest BCUT2D eigenvalue weighted by molar-refractivity contribution is -0.0677. The summed E-state index contributed by atoms with van der Waals surface area (Å²) in [5.41, 5.74) is 1.80. The van der Waals surface area contributed by atoms with E-state index in [9.17, 15) is 14.3 Å². The fourth-order valence-corrected chi connectivity index (χ4v) is 5.79. The Morgan fingerprint density at radius 2 is 1.91 bits per heavy atom. The Kier molecular flexibility index (Phi) is 5.21. The number of aryl methyl sites for hydroxylation is 1. The Bertz CT molecular complexity index is 1200. The third-order valence-corrected chi connectivity index (χ3v) is 7.23. The Hall–Kier alpha value is -2.51. The van der Waals surface area contributed by atoms with Crippen LogP contribution >= 0.6 is 0 Å². The van der Waals surface area contributed by atoms with Gasteiger partial charge in [0.2, 0.25) is 0 Å². The Morgan fingerprint density at radius 3 is 2.59 bits per heavy atom. The van der Waals surface area contributed by atoms with Crippen molar-refractivity contribution in [2.45, 2.75) is 83.3 Å². The van der Waals surface area contributed by atoms with E-state index in [1.54, 1.807) is 12.1 Å². The van der Waals surface area contributed by atoms with Crippen LogP contribution in [0.25, 0.3) is 10.9 Å². The van der Waals surface area contributed by atoms with Crippen molar-refractivity contribution in [1.29, 1.82) is 0 Å². The summed E-state index contributed by atoms with van der Waals surface area (Å²) in [6.07, 6.45) is 5.50. The summed E-state index contributed by atoms with van der Waals surface area (Å²) in [5, 5.41) is 16.8. The maximum absolute atomic E-state index is 13.9. The molecule has 0 aliphatic carbocycles. The molecule has 0 unspecified atom stereocenters. The smallest absolute Gasteiger partial charge is 0.266 e. The van der Waals surface area contributed by atoms with E-state index in [1.807, 2.05) is 13.0 Å². The zero-order valence-corrected chi connectivity index (χ0v) is 19.0. The van der Waals surface area contributed by atoms with Crippen molar-refractivity contribution in [1.82, 2.24) is 19.2 Å². The van der Waals surface area contributed by atoms with Crippen LogP contribution in [-0.4, -0.2) is 42.0 Å². The second-order valence-corrected chi connectivity index (χ2v) is 9.98. The summed E-state index contributed by atoms with van der Waals surface area (Å²) in [6.45, 7) is 7.10. The van der Waals surface area contributed by atoms with Gasteiger partial charge in [0.05, 0.1) is 23.4 Å². The quantitative estimate of drug-likeness (QED) is 0.659. The van der Waals surface area contributed by atoms with E-state index >= 15 is 0 Å². The van der Waals surface area contributed by atoms with Gasteiger partial charge in [-0.05, 0) is 76.3 Å². The summed E-state index contributed by atoms with van der Waals surface area (Å²) in [5.74, 6) is -0.216. The van der Waals surface area contributed by atoms with E-state index in [0.717, 1.165) is 36.0 Å². The number of rotatable bonds is 5. The zero-order chi connectivity index (χ0) is 22.6. The minimum atomic E-state index is -0.929. The predicted octanol–water partition coefficient (Wildman–Crippen LogP) is 3.78. The van der Waals surface area contributed by atoms with Gasteiger partial charge in [-0.1, -0.05) is 0 Å². The highest BCUT2D eigenvalue weighted by molar-refractivity contribution is 5.84. The monoisotopic (exact) mass is 438 g/mol. The molecule has 5 rings (SSSR count). The zero-order valence-electron chi connectivity index (χ0n) is 19.0. The van der Waals surface area contributed by atoms with E-state index in [4.69, 9.17) is 0 Å². The molecule has 2 aliphatic rings. The number of piperidine rings is 1. The largest absolute Gasteiger partial charge is 0.388 e. The van der Waals surface area contributed by atoms with Crippen molar-refractivity contribution in [3.05, 3.63) is 64.0 Å². The van der Waals surface area contributed by atoms with Crippen LogP contribution in [-0.2, 0) is 13.1 Å². The van der Waals surface area contributed by atoms with Crippen molar-refractivity contribution in [2.75, 3.05) is 0 Å². The van der Waals surface area contributed by atoms with Gasteiger partial charge in [-0.2, -0.15) is 5.10 Å². The maximum atomic E-state index is 13.9. The topological polar surface area (TPSA) is 63.3 Å². The van der Waals surface area contributed by atoms with Crippen molar-refractivity contribution >= 4 is 10.9 Å². The number of halogens is 1. The van der Waals surface area contributed by atoms with Crippen LogP contribution in [0.1, 0.15) is 56.8 Å². The van der Waals surface area contributed by atoms with Crippen LogP contribution in [0.2, 0.25) is 0 Å². The molecule has 4 heterocycles. The van der Waals surface area contributed by atoms with Gasteiger partial charge in [-0.3, -0.25) is 9.69 Å².